The van der Waals surface area contributed by atoms with Crippen molar-refractivity contribution in [2.75, 3.05) is 19.5 Å². The molecular formula is C18H21NO4. The first-order valence-electron chi connectivity index (χ1n) is 7.25. The number of methoxy groups -OCH3 is 2. The predicted molar refractivity (Wildman–Crippen MR) is 89.5 cm³/mol. The lowest BCUT2D eigenvalue weighted by Crippen LogP contribution is -2.15. The van der Waals surface area contributed by atoms with Gasteiger partial charge in [0.15, 0.2) is 11.5 Å². The zero-order chi connectivity index (χ0) is 17.0. The largest absolute Gasteiger partial charge is 0.506 e. The molecule has 2 rings (SSSR count). The molecule has 0 spiro atoms. The summed E-state index contributed by atoms with van der Waals surface area (Å²) in [7, 11) is 3.13. The van der Waals surface area contributed by atoms with E-state index in [1.165, 1.54) is 0 Å². The van der Waals surface area contributed by atoms with Crippen LogP contribution in [0.1, 0.15) is 16.7 Å². The van der Waals surface area contributed by atoms with Crippen molar-refractivity contribution in [1.29, 1.82) is 0 Å². The van der Waals surface area contributed by atoms with E-state index in [0.29, 0.717) is 17.2 Å². The maximum atomic E-state index is 12.2. The average Bonchev–Trinajstić information content (AvgIpc) is 2.51. The van der Waals surface area contributed by atoms with Gasteiger partial charge in [0.25, 0.3) is 0 Å². The van der Waals surface area contributed by atoms with Crippen LogP contribution in [0.25, 0.3) is 0 Å². The number of amides is 1. The zero-order valence-electron chi connectivity index (χ0n) is 13.8. The number of hydrogen-bond donors (Lipinski definition) is 2. The molecule has 0 aliphatic heterocycles. The number of phenols is 1. The Kier molecular flexibility index (Phi) is 5.11. The summed E-state index contributed by atoms with van der Waals surface area (Å²) in [6.45, 7) is 3.78. The van der Waals surface area contributed by atoms with Crippen molar-refractivity contribution < 1.29 is 19.4 Å². The molecule has 5 heteroatoms. The second-order valence-corrected chi connectivity index (χ2v) is 5.38. The molecule has 0 heterocycles. The Labute approximate surface area is 135 Å². The number of hydrogen-bond acceptors (Lipinski definition) is 4. The standard InChI is InChI=1S/C18H21NO4/c1-11-5-6-14(15(20)7-11)19-18(21)10-13-9-17(23-4)16(22-3)8-12(13)2/h5-9,20H,10H2,1-4H3,(H,19,21). The fourth-order valence-electron chi connectivity index (χ4n) is 2.33. The minimum atomic E-state index is -0.209. The van der Waals surface area contributed by atoms with Crippen LogP contribution in [0, 0.1) is 13.8 Å². The van der Waals surface area contributed by atoms with Crippen LogP contribution in [0.2, 0.25) is 0 Å². The summed E-state index contributed by atoms with van der Waals surface area (Å²) in [6.07, 6.45) is 0.180. The molecule has 1 amide bonds. The van der Waals surface area contributed by atoms with E-state index in [2.05, 4.69) is 5.32 Å². The highest BCUT2D eigenvalue weighted by Gasteiger charge is 2.13. The van der Waals surface area contributed by atoms with Gasteiger partial charge in [-0.3, -0.25) is 4.79 Å². The van der Waals surface area contributed by atoms with Crippen LogP contribution in [-0.4, -0.2) is 25.2 Å². The van der Waals surface area contributed by atoms with Crippen LogP contribution in [0.4, 0.5) is 5.69 Å². The minimum absolute atomic E-state index is 0.0578. The molecule has 5 nitrogen and oxygen atoms in total. The van der Waals surface area contributed by atoms with Crippen LogP contribution in [0.5, 0.6) is 17.2 Å². The fraction of sp³-hybridized carbons (Fsp3) is 0.278. The van der Waals surface area contributed by atoms with Gasteiger partial charge in [-0.15, -0.1) is 0 Å². The number of anilines is 1. The highest BCUT2D eigenvalue weighted by molar-refractivity contribution is 5.93. The molecule has 0 aliphatic carbocycles. The molecule has 0 saturated heterocycles. The summed E-state index contributed by atoms with van der Waals surface area (Å²) in [5.41, 5.74) is 3.10. The summed E-state index contributed by atoms with van der Waals surface area (Å²) in [5.74, 6) is 1.06. The number of carbonyl (C=O) groups excluding carboxylic acids is 1. The number of aryl methyl sites for hydroxylation is 2. The Bertz CT molecular complexity index is 725. The quantitative estimate of drug-likeness (QED) is 0.831. The second kappa shape index (κ2) is 7.05. The van der Waals surface area contributed by atoms with Crippen LogP contribution in [0.3, 0.4) is 0 Å². The molecule has 0 aliphatic rings. The summed E-state index contributed by atoms with van der Waals surface area (Å²) in [6, 6.07) is 8.76. The highest BCUT2D eigenvalue weighted by atomic mass is 16.5. The molecule has 2 aromatic rings. The zero-order valence-corrected chi connectivity index (χ0v) is 13.8. The monoisotopic (exact) mass is 315 g/mol. The van der Waals surface area contributed by atoms with Gasteiger partial charge < -0.3 is 19.9 Å². The molecule has 2 aromatic carbocycles. The van der Waals surface area contributed by atoms with Crippen molar-refractivity contribution in [2.45, 2.75) is 20.3 Å². The first-order chi connectivity index (χ1) is 10.9. The van der Waals surface area contributed by atoms with Gasteiger partial charge in [0.05, 0.1) is 26.3 Å². The number of rotatable bonds is 5. The Morgan fingerprint density at radius 2 is 1.74 bits per heavy atom. The van der Waals surface area contributed by atoms with Gasteiger partial charge in [-0.25, -0.2) is 0 Å². The molecule has 0 aromatic heterocycles. The van der Waals surface area contributed by atoms with Crippen molar-refractivity contribution in [3.8, 4) is 17.2 Å². The van der Waals surface area contributed by atoms with Crippen molar-refractivity contribution in [3.63, 3.8) is 0 Å². The second-order valence-electron chi connectivity index (χ2n) is 5.38. The average molecular weight is 315 g/mol. The lowest BCUT2D eigenvalue weighted by Gasteiger charge is -2.13. The fourth-order valence-corrected chi connectivity index (χ4v) is 2.33. The van der Waals surface area contributed by atoms with E-state index < -0.39 is 0 Å². The third-order valence-electron chi connectivity index (χ3n) is 3.62. The number of nitrogens with one attached hydrogen (secondary N) is 1. The smallest absolute Gasteiger partial charge is 0.228 e. The predicted octanol–water partition coefficient (Wildman–Crippen LogP) is 3.21. The number of benzene rings is 2. The minimum Gasteiger partial charge on any atom is -0.506 e. The number of phenolic OH excluding ortho intramolecular Hbond substituents is 1. The van der Waals surface area contributed by atoms with Gasteiger partial charge in [-0.2, -0.15) is 0 Å². The topological polar surface area (TPSA) is 67.8 Å². The molecule has 0 saturated carbocycles. The van der Waals surface area contributed by atoms with Crippen LogP contribution in [-0.2, 0) is 11.2 Å². The maximum absolute atomic E-state index is 12.2. The third-order valence-corrected chi connectivity index (χ3v) is 3.62. The Hall–Kier alpha value is -2.69. The summed E-state index contributed by atoms with van der Waals surface area (Å²) in [5, 5.41) is 12.6. The summed E-state index contributed by atoms with van der Waals surface area (Å²) < 4.78 is 10.5. The molecule has 0 fully saturated rings. The molecule has 122 valence electrons. The Morgan fingerprint density at radius 1 is 1.09 bits per heavy atom. The summed E-state index contributed by atoms with van der Waals surface area (Å²) in [4.78, 5) is 12.2. The van der Waals surface area contributed by atoms with Crippen LogP contribution in [0.15, 0.2) is 30.3 Å². The molecule has 0 bridgehead atoms. The van der Waals surface area contributed by atoms with Gasteiger partial charge in [0.1, 0.15) is 5.75 Å². The third kappa shape index (κ3) is 3.94. The SMILES string of the molecule is COc1cc(C)c(CC(=O)Nc2ccc(C)cc2O)cc1OC. The van der Waals surface area contributed by atoms with Gasteiger partial charge in [-0.05, 0) is 54.8 Å². The Balaban J connectivity index is 2.17. The number of ether oxygens (including phenoxy) is 2. The summed E-state index contributed by atoms with van der Waals surface area (Å²) >= 11 is 0. The van der Waals surface area contributed by atoms with E-state index in [-0.39, 0.29) is 18.1 Å². The lowest BCUT2D eigenvalue weighted by atomic mass is 10.0. The van der Waals surface area contributed by atoms with E-state index in [9.17, 15) is 9.90 Å². The van der Waals surface area contributed by atoms with E-state index in [1.54, 1.807) is 32.4 Å². The van der Waals surface area contributed by atoms with E-state index >= 15 is 0 Å². The molecular weight excluding hydrogens is 294 g/mol. The molecule has 0 atom stereocenters. The van der Waals surface area contributed by atoms with E-state index in [1.807, 2.05) is 26.0 Å². The normalized spacial score (nSPS) is 10.3. The lowest BCUT2D eigenvalue weighted by molar-refractivity contribution is -0.115. The van der Waals surface area contributed by atoms with Crippen LogP contribution < -0.4 is 14.8 Å². The molecule has 0 radical (unpaired) electrons. The first kappa shape index (κ1) is 16.7. The van der Waals surface area contributed by atoms with Crippen molar-refractivity contribution in [1.82, 2.24) is 0 Å². The van der Waals surface area contributed by atoms with E-state index in [4.69, 9.17) is 9.47 Å². The molecule has 0 unspecified atom stereocenters. The van der Waals surface area contributed by atoms with Crippen LogP contribution >= 0.6 is 0 Å². The van der Waals surface area contributed by atoms with Gasteiger partial charge in [0, 0.05) is 0 Å². The highest BCUT2D eigenvalue weighted by Crippen LogP contribution is 2.31. The molecule has 2 N–H and O–H groups in total. The van der Waals surface area contributed by atoms with E-state index in [0.717, 1.165) is 16.7 Å². The van der Waals surface area contributed by atoms with Crippen molar-refractivity contribution in [2.24, 2.45) is 0 Å². The number of carbonyl (C=O) groups is 1. The Morgan fingerprint density at radius 3 is 2.35 bits per heavy atom. The molecule has 23 heavy (non-hydrogen) atoms. The van der Waals surface area contributed by atoms with Gasteiger partial charge in [-0.1, -0.05) is 6.07 Å². The first-order valence-corrected chi connectivity index (χ1v) is 7.25. The van der Waals surface area contributed by atoms with Crippen molar-refractivity contribution in [3.05, 3.63) is 47.0 Å². The maximum Gasteiger partial charge on any atom is 0.228 e. The number of aromatic hydroxyl groups is 1. The van der Waals surface area contributed by atoms with Gasteiger partial charge >= 0.3 is 0 Å². The van der Waals surface area contributed by atoms with Gasteiger partial charge in [0.2, 0.25) is 5.91 Å². The van der Waals surface area contributed by atoms with Crippen molar-refractivity contribution >= 4 is 11.6 Å².